The third kappa shape index (κ3) is 4.35. The Bertz CT molecular complexity index is 791. The molecule has 0 aliphatic heterocycles. The normalized spacial score (nSPS) is 12.7. The number of nitrogens with one attached hydrogen (secondary N) is 1. The topological polar surface area (TPSA) is 64.0 Å². The molecule has 2 heterocycles. The highest BCUT2D eigenvalue weighted by atomic mass is 35.5. The van der Waals surface area contributed by atoms with E-state index in [1.807, 2.05) is 0 Å². The molecule has 0 fully saturated rings. The fourth-order valence-corrected chi connectivity index (χ4v) is 2.28. The van der Waals surface area contributed by atoms with E-state index in [1.54, 1.807) is 31.5 Å². The molecule has 2 aromatic heterocycles. The molecule has 9 heteroatoms. The van der Waals surface area contributed by atoms with Crippen LogP contribution in [0, 0.1) is 0 Å². The molecule has 1 amide bonds. The zero-order chi connectivity index (χ0) is 17.9. The maximum atomic E-state index is 12.8. The fourth-order valence-electron chi connectivity index (χ4n) is 2.05. The first-order valence-corrected chi connectivity index (χ1v) is 7.22. The van der Waals surface area contributed by atoms with Crippen LogP contribution in [0.4, 0.5) is 13.2 Å². The quantitative estimate of drug-likeness (QED) is 0.913. The molecule has 0 aliphatic carbocycles. The third-order valence-electron chi connectivity index (χ3n) is 3.27. The summed E-state index contributed by atoms with van der Waals surface area (Å²) in [4.78, 5) is 27.7. The van der Waals surface area contributed by atoms with Crippen LogP contribution in [0.25, 0.3) is 0 Å². The van der Waals surface area contributed by atoms with Gasteiger partial charge in [0.15, 0.2) is 0 Å². The van der Waals surface area contributed by atoms with Crippen molar-refractivity contribution in [2.45, 2.75) is 25.7 Å². The summed E-state index contributed by atoms with van der Waals surface area (Å²) in [6.45, 7) is 1.13. The molecule has 2 aromatic rings. The standard InChI is InChI=1S/C15H13ClF3N3O2/c1-9(10-2-4-20-5-3-10)21-13(23)8-22-7-11(15(17,18)19)6-12(16)14(22)24/h2-7,9H,8H2,1H3,(H,21,23). The van der Waals surface area contributed by atoms with Crippen LogP contribution in [0.15, 0.2) is 41.6 Å². The molecule has 1 N–H and O–H groups in total. The van der Waals surface area contributed by atoms with E-state index in [0.717, 1.165) is 5.56 Å². The van der Waals surface area contributed by atoms with Gasteiger partial charge in [0, 0.05) is 18.6 Å². The number of carbonyl (C=O) groups is 1. The summed E-state index contributed by atoms with van der Waals surface area (Å²) >= 11 is 5.54. The van der Waals surface area contributed by atoms with E-state index in [9.17, 15) is 22.8 Å². The lowest BCUT2D eigenvalue weighted by atomic mass is 10.1. The van der Waals surface area contributed by atoms with Gasteiger partial charge >= 0.3 is 6.18 Å². The summed E-state index contributed by atoms with van der Waals surface area (Å²) in [6, 6.07) is 3.53. The number of hydrogen-bond acceptors (Lipinski definition) is 3. The molecule has 128 valence electrons. The van der Waals surface area contributed by atoms with Gasteiger partial charge in [0.1, 0.15) is 11.6 Å². The van der Waals surface area contributed by atoms with Crippen molar-refractivity contribution in [2.75, 3.05) is 0 Å². The molecule has 0 saturated heterocycles. The lowest BCUT2D eigenvalue weighted by Gasteiger charge is -2.16. The van der Waals surface area contributed by atoms with Crippen molar-refractivity contribution < 1.29 is 18.0 Å². The first kappa shape index (κ1) is 18.0. The van der Waals surface area contributed by atoms with Crippen LogP contribution in [-0.2, 0) is 17.5 Å². The van der Waals surface area contributed by atoms with Crippen LogP contribution in [0.3, 0.4) is 0 Å². The first-order chi connectivity index (χ1) is 11.2. The van der Waals surface area contributed by atoms with E-state index in [1.165, 1.54) is 0 Å². The average Bonchev–Trinajstić information content (AvgIpc) is 2.51. The number of pyridine rings is 2. The summed E-state index contributed by atoms with van der Waals surface area (Å²) < 4.78 is 38.9. The fraction of sp³-hybridized carbons (Fsp3) is 0.267. The van der Waals surface area contributed by atoms with Gasteiger partial charge in [0.25, 0.3) is 5.56 Å². The van der Waals surface area contributed by atoms with Crippen molar-refractivity contribution in [3.63, 3.8) is 0 Å². The van der Waals surface area contributed by atoms with E-state index in [4.69, 9.17) is 11.6 Å². The predicted molar refractivity (Wildman–Crippen MR) is 81.5 cm³/mol. The Balaban J connectivity index is 2.17. The Morgan fingerprint density at radius 1 is 1.38 bits per heavy atom. The van der Waals surface area contributed by atoms with Gasteiger partial charge in [0.2, 0.25) is 5.91 Å². The smallest absolute Gasteiger partial charge is 0.348 e. The number of nitrogens with zero attached hydrogens (tertiary/aromatic N) is 2. The van der Waals surface area contributed by atoms with E-state index in [0.29, 0.717) is 16.8 Å². The Morgan fingerprint density at radius 3 is 2.58 bits per heavy atom. The second kappa shape index (κ2) is 7.04. The number of amides is 1. The first-order valence-electron chi connectivity index (χ1n) is 6.85. The van der Waals surface area contributed by atoms with Crippen molar-refractivity contribution in [3.05, 3.63) is 63.3 Å². The summed E-state index contributed by atoms with van der Waals surface area (Å²) in [5.41, 5.74) is -1.19. The molecule has 0 aromatic carbocycles. The van der Waals surface area contributed by atoms with Gasteiger partial charge in [-0.1, -0.05) is 11.6 Å². The number of aromatic nitrogens is 2. The van der Waals surface area contributed by atoms with Gasteiger partial charge in [-0.2, -0.15) is 13.2 Å². The largest absolute Gasteiger partial charge is 0.417 e. The lowest BCUT2D eigenvalue weighted by molar-refractivity contribution is -0.138. The monoisotopic (exact) mass is 359 g/mol. The van der Waals surface area contributed by atoms with Crippen LogP contribution in [0.5, 0.6) is 0 Å². The molecule has 1 unspecified atom stereocenters. The average molecular weight is 360 g/mol. The van der Waals surface area contributed by atoms with Crippen LogP contribution in [0.2, 0.25) is 5.02 Å². The van der Waals surface area contributed by atoms with Gasteiger partial charge in [0.05, 0.1) is 11.6 Å². The molecule has 0 radical (unpaired) electrons. The molecular weight excluding hydrogens is 347 g/mol. The summed E-state index contributed by atoms with van der Waals surface area (Å²) in [6.07, 6.45) is -0.991. The second-order valence-electron chi connectivity index (χ2n) is 5.08. The Morgan fingerprint density at radius 2 is 2.00 bits per heavy atom. The van der Waals surface area contributed by atoms with Gasteiger partial charge in [-0.25, -0.2) is 0 Å². The minimum Gasteiger partial charge on any atom is -0.348 e. The van der Waals surface area contributed by atoms with Gasteiger partial charge < -0.3 is 9.88 Å². The predicted octanol–water partition coefficient (Wildman–Crippen LogP) is 2.79. The SMILES string of the molecule is CC(NC(=O)Cn1cc(C(F)(F)F)cc(Cl)c1=O)c1ccncc1. The Labute approximate surface area is 140 Å². The van der Waals surface area contributed by atoms with Crippen molar-refractivity contribution in [1.82, 2.24) is 14.9 Å². The van der Waals surface area contributed by atoms with E-state index >= 15 is 0 Å². The van der Waals surface area contributed by atoms with Gasteiger partial charge in [-0.3, -0.25) is 14.6 Å². The summed E-state index contributed by atoms with van der Waals surface area (Å²) in [5.74, 6) is -0.614. The highest BCUT2D eigenvalue weighted by Crippen LogP contribution is 2.29. The maximum absolute atomic E-state index is 12.8. The minimum absolute atomic E-state index is 0.391. The summed E-state index contributed by atoms with van der Waals surface area (Å²) in [5, 5.41) is 2.00. The number of carbonyl (C=O) groups excluding carboxylic acids is 1. The molecule has 0 saturated carbocycles. The van der Waals surface area contributed by atoms with Crippen molar-refractivity contribution in [1.29, 1.82) is 0 Å². The highest BCUT2D eigenvalue weighted by molar-refractivity contribution is 6.30. The molecule has 2 rings (SSSR count). The van der Waals surface area contributed by atoms with Crippen molar-refractivity contribution >= 4 is 17.5 Å². The van der Waals surface area contributed by atoms with Crippen LogP contribution < -0.4 is 10.9 Å². The molecule has 0 aliphatic rings. The van der Waals surface area contributed by atoms with Crippen molar-refractivity contribution in [3.8, 4) is 0 Å². The Kier molecular flexibility index (Phi) is 5.28. The molecule has 24 heavy (non-hydrogen) atoms. The zero-order valence-corrected chi connectivity index (χ0v) is 13.2. The second-order valence-corrected chi connectivity index (χ2v) is 5.48. The van der Waals surface area contributed by atoms with E-state index in [-0.39, 0.29) is 0 Å². The third-order valence-corrected chi connectivity index (χ3v) is 3.54. The van der Waals surface area contributed by atoms with Crippen LogP contribution >= 0.6 is 11.6 Å². The van der Waals surface area contributed by atoms with Crippen LogP contribution in [-0.4, -0.2) is 15.5 Å². The number of alkyl halides is 3. The molecule has 5 nitrogen and oxygen atoms in total. The Hall–Kier alpha value is -2.35. The number of rotatable bonds is 4. The number of hydrogen-bond donors (Lipinski definition) is 1. The zero-order valence-electron chi connectivity index (χ0n) is 12.5. The highest BCUT2D eigenvalue weighted by Gasteiger charge is 2.32. The molecule has 1 atom stereocenters. The number of halogens is 4. The minimum atomic E-state index is -4.67. The van der Waals surface area contributed by atoms with Gasteiger partial charge in [-0.15, -0.1) is 0 Å². The molecule has 0 bridgehead atoms. The molecular formula is C15H13ClF3N3O2. The lowest BCUT2D eigenvalue weighted by Crippen LogP contribution is -2.34. The van der Waals surface area contributed by atoms with Gasteiger partial charge in [-0.05, 0) is 30.7 Å². The maximum Gasteiger partial charge on any atom is 0.417 e. The molecule has 0 spiro atoms. The van der Waals surface area contributed by atoms with E-state index in [2.05, 4.69) is 10.3 Å². The summed E-state index contributed by atoms with van der Waals surface area (Å²) in [7, 11) is 0. The van der Waals surface area contributed by atoms with Crippen molar-refractivity contribution in [2.24, 2.45) is 0 Å². The van der Waals surface area contributed by atoms with Crippen LogP contribution in [0.1, 0.15) is 24.1 Å². The van der Waals surface area contributed by atoms with E-state index < -0.39 is 40.8 Å².